The van der Waals surface area contributed by atoms with Gasteiger partial charge >= 0.3 is 5.97 Å². The van der Waals surface area contributed by atoms with Crippen LogP contribution in [0.25, 0.3) is 0 Å². The second kappa shape index (κ2) is 4.96. The summed E-state index contributed by atoms with van der Waals surface area (Å²) in [4.78, 5) is 34.5. The van der Waals surface area contributed by atoms with Crippen LogP contribution < -0.4 is 10.9 Å². The number of carboxylic acid groups (broad SMARTS) is 1. The summed E-state index contributed by atoms with van der Waals surface area (Å²) < 4.78 is 0. The molecule has 16 heavy (non-hydrogen) atoms. The standard InChI is InChI=1S/C9H10N2O5/c12-6-3-5(4-7(13)11-6)9(16)10-2-1-8(14)15/h3-4H,1-2H2,(H,10,16)(H,14,15)(H2,11,12,13). The van der Waals surface area contributed by atoms with Crippen molar-refractivity contribution in [1.82, 2.24) is 10.3 Å². The highest BCUT2D eigenvalue weighted by Gasteiger charge is 2.08. The molecule has 0 radical (unpaired) electrons. The largest absolute Gasteiger partial charge is 0.494 e. The molecule has 0 aliphatic carbocycles. The molecule has 0 unspecified atom stereocenters. The van der Waals surface area contributed by atoms with Gasteiger partial charge < -0.3 is 15.5 Å². The fourth-order valence-corrected chi connectivity index (χ4v) is 1.04. The molecule has 7 nitrogen and oxygen atoms in total. The van der Waals surface area contributed by atoms with Gasteiger partial charge in [0.15, 0.2) is 5.88 Å². The fraction of sp³-hybridized carbons (Fsp3) is 0.222. The molecule has 0 fully saturated rings. The Balaban J connectivity index is 2.66. The number of aromatic nitrogens is 1. The molecule has 1 aromatic rings. The minimum absolute atomic E-state index is 0.0216. The van der Waals surface area contributed by atoms with Crippen molar-refractivity contribution in [3.8, 4) is 5.88 Å². The number of carbonyl (C=O) groups excluding carboxylic acids is 1. The predicted molar refractivity (Wildman–Crippen MR) is 53.3 cm³/mol. The minimum atomic E-state index is -1.03. The van der Waals surface area contributed by atoms with E-state index in [1.807, 2.05) is 0 Å². The molecule has 1 heterocycles. The first-order chi connectivity index (χ1) is 7.49. The summed E-state index contributed by atoms with van der Waals surface area (Å²) in [5.41, 5.74) is -0.630. The van der Waals surface area contributed by atoms with Gasteiger partial charge in [-0.2, -0.15) is 0 Å². The van der Waals surface area contributed by atoms with Crippen LogP contribution in [0.4, 0.5) is 0 Å². The van der Waals surface area contributed by atoms with Gasteiger partial charge in [0.1, 0.15) is 0 Å². The van der Waals surface area contributed by atoms with Crippen molar-refractivity contribution < 1.29 is 19.8 Å². The van der Waals surface area contributed by atoms with E-state index in [-0.39, 0.29) is 18.5 Å². The summed E-state index contributed by atoms with van der Waals surface area (Å²) in [7, 11) is 0. The monoisotopic (exact) mass is 226 g/mol. The van der Waals surface area contributed by atoms with Crippen LogP contribution in [0.2, 0.25) is 0 Å². The fourth-order valence-electron chi connectivity index (χ4n) is 1.04. The van der Waals surface area contributed by atoms with E-state index in [1.165, 1.54) is 0 Å². The number of nitrogens with one attached hydrogen (secondary N) is 2. The molecular formula is C9H10N2O5. The lowest BCUT2D eigenvalue weighted by molar-refractivity contribution is -0.136. The van der Waals surface area contributed by atoms with Crippen LogP contribution in [0.5, 0.6) is 5.88 Å². The first-order valence-electron chi connectivity index (χ1n) is 4.42. The Kier molecular flexibility index (Phi) is 3.65. The highest BCUT2D eigenvalue weighted by Crippen LogP contribution is 2.03. The zero-order valence-electron chi connectivity index (χ0n) is 8.19. The van der Waals surface area contributed by atoms with Crippen molar-refractivity contribution >= 4 is 11.9 Å². The number of hydrogen-bond donors (Lipinski definition) is 4. The highest BCUT2D eigenvalue weighted by molar-refractivity contribution is 5.94. The zero-order valence-corrected chi connectivity index (χ0v) is 8.19. The molecule has 1 amide bonds. The van der Waals surface area contributed by atoms with Gasteiger partial charge in [-0.1, -0.05) is 0 Å². The van der Waals surface area contributed by atoms with E-state index in [2.05, 4.69) is 10.3 Å². The topological polar surface area (TPSA) is 119 Å². The third kappa shape index (κ3) is 3.45. The van der Waals surface area contributed by atoms with Gasteiger partial charge in [-0.05, 0) is 0 Å². The quantitative estimate of drug-likeness (QED) is 0.540. The van der Waals surface area contributed by atoms with Crippen LogP contribution in [0.1, 0.15) is 16.8 Å². The second-order valence-electron chi connectivity index (χ2n) is 3.02. The van der Waals surface area contributed by atoms with Crippen molar-refractivity contribution in [2.24, 2.45) is 0 Å². The Morgan fingerprint density at radius 3 is 2.62 bits per heavy atom. The van der Waals surface area contributed by atoms with E-state index < -0.39 is 23.3 Å². The molecule has 0 aromatic carbocycles. The lowest BCUT2D eigenvalue weighted by Gasteiger charge is -2.03. The molecule has 86 valence electrons. The third-order valence-corrected chi connectivity index (χ3v) is 1.72. The van der Waals surface area contributed by atoms with Crippen molar-refractivity contribution in [3.63, 3.8) is 0 Å². The maximum Gasteiger partial charge on any atom is 0.305 e. The van der Waals surface area contributed by atoms with Crippen molar-refractivity contribution in [1.29, 1.82) is 0 Å². The number of rotatable bonds is 4. The first kappa shape index (κ1) is 11.8. The smallest absolute Gasteiger partial charge is 0.305 e. The number of hydrogen-bond acceptors (Lipinski definition) is 4. The predicted octanol–water partition coefficient (Wildman–Crippen LogP) is -0.715. The number of aliphatic carboxylic acids is 1. The molecule has 0 aliphatic rings. The lowest BCUT2D eigenvalue weighted by Crippen LogP contribution is -2.27. The van der Waals surface area contributed by atoms with Gasteiger partial charge in [0.25, 0.3) is 11.5 Å². The number of carboxylic acids is 1. The van der Waals surface area contributed by atoms with Crippen LogP contribution in [0.15, 0.2) is 16.9 Å². The molecule has 4 N–H and O–H groups in total. The number of aromatic hydroxyl groups is 1. The molecular weight excluding hydrogens is 216 g/mol. The first-order valence-corrected chi connectivity index (χ1v) is 4.42. The Hall–Kier alpha value is -2.31. The maximum absolute atomic E-state index is 11.4. The summed E-state index contributed by atoms with van der Waals surface area (Å²) in [5.74, 6) is -2.06. The van der Waals surface area contributed by atoms with Gasteiger partial charge in [0, 0.05) is 18.7 Å². The van der Waals surface area contributed by atoms with Crippen LogP contribution in [0.3, 0.4) is 0 Å². The van der Waals surface area contributed by atoms with Crippen LogP contribution in [0, 0.1) is 0 Å². The number of pyridine rings is 1. The van der Waals surface area contributed by atoms with E-state index in [4.69, 9.17) is 10.2 Å². The van der Waals surface area contributed by atoms with Gasteiger partial charge in [-0.15, -0.1) is 0 Å². The van der Waals surface area contributed by atoms with Crippen LogP contribution in [-0.2, 0) is 4.79 Å². The molecule has 0 saturated carbocycles. The van der Waals surface area contributed by atoms with Crippen molar-refractivity contribution in [3.05, 3.63) is 28.0 Å². The van der Waals surface area contributed by atoms with Gasteiger partial charge in [0.2, 0.25) is 0 Å². The van der Waals surface area contributed by atoms with Crippen LogP contribution in [-0.4, -0.2) is 33.6 Å². The Morgan fingerprint density at radius 2 is 2.06 bits per heavy atom. The van der Waals surface area contributed by atoms with Gasteiger partial charge in [-0.3, -0.25) is 19.4 Å². The number of carbonyl (C=O) groups is 2. The molecule has 1 rings (SSSR count). The summed E-state index contributed by atoms with van der Waals surface area (Å²) >= 11 is 0. The third-order valence-electron chi connectivity index (χ3n) is 1.72. The average molecular weight is 226 g/mol. The number of aromatic amines is 1. The van der Waals surface area contributed by atoms with E-state index in [1.54, 1.807) is 0 Å². The summed E-state index contributed by atoms with van der Waals surface area (Å²) in [6.45, 7) is -0.0400. The SMILES string of the molecule is O=C(O)CCNC(=O)c1cc(O)[nH]c(=O)c1. The van der Waals surface area contributed by atoms with Crippen molar-refractivity contribution in [2.45, 2.75) is 6.42 Å². The Labute approximate surface area is 89.7 Å². The minimum Gasteiger partial charge on any atom is -0.494 e. The van der Waals surface area contributed by atoms with E-state index in [9.17, 15) is 14.4 Å². The highest BCUT2D eigenvalue weighted by atomic mass is 16.4. The van der Waals surface area contributed by atoms with Gasteiger partial charge in [-0.25, -0.2) is 0 Å². The zero-order chi connectivity index (χ0) is 12.1. The molecule has 0 saturated heterocycles. The van der Waals surface area contributed by atoms with Crippen molar-refractivity contribution in [2.75, 3.05) is 6.54 Å². The van der Waals surface area contributed by atoms with Crippen LogP contribution >= 0.6 is 0 Å². The number of amides is 1. The summed E-state index contributed by atoms with van der Waals surface area (Å²) in [6, 6.07) is 2.09. The molecule has 0 aliphatic heterocycles. The molecule has 0 atom stereocenters. The normalized spacial score (nSPS) is 9.75. The lowest BCUT2D eigenvalue weighted by atomic mass is 10.2. The van der Waals surface area contributed by atoms with Gasteiger partial charge in [0.05, 0.1) is 12.0 Å². The van der Waals surface area contributed by atoms with E-state index in [0.717, 1.165) is 12.1 Å². The Bertz CT molecular complexity index is 465. The average Bonchev–Trinajstić information content (AvgIpc) is 2.15. The molecule has 1 aromatic heterocycles. The molecule has 0 bridgehead atoms. The Morgan fingerprint density at radius 1 is 1.38 bits per heavy atom. The summed E-state index contributed by atoms with van der Waals surface area (Å²) in [6.07, 6.45) is -0.207. The maximum atomic E-state index is 11.4. The molecule has 7 heteroatoms. The van der Waals surface area contributed by atoms with E-state index in [0.29, 0.717) is 0 Å². The molecule has 0 spiro atoms. The second-order valence-corrected chi connectivity index (χ2v) is 3.02. The number of H-pyrrole nitrogens is 1. The summed E-state index contributed by atoms with van der Waals surface area (Å²) in [5, 5.41) is 19.7. The van der Waals surface area contributed by atoms with E-state index >= 15 is 0 Å².